The molecule has 1 fully saturated rings. The average molecular weight is 309 g/mol. The molecule has 0 bridgehead atoms. The molecule has 1 saturated heterocycles. The smallest absolute Gasteiger partial charge is 0.395 e. The Morgan fingerprint density at radius 1 is 1.23 bits per heavy atom. The minimum Gasteiger partial charge on any atom is -0.395 e. The molecule has 0 atom stereocenters. The summed E-state index contributed by atoms with van der Waals surface area (Å²) in [4.78, 5) is 35.4. The van der Waals surface area contributed by atoms with Gasteiger partial charge in [0, 0.05) is 26.1 Å². The first-order valence-electron chi connectivity index (χ1n) is 7.38. The summed E-state index contributed by atoms with van der Waals surface area (Å²) in [6.45, 7) is 1.73. The molecular weight excluding hydrogens is 290 g/mol. The van der Waals surface area contributed by atoms with Crippen LogP contribution in [0.15, 0.2) is 16.5 Å². The van der Waals surface area contributed by atoms with Gasteiger partial charge in [-0.3, -0.25) is 19.7 Å². The van der Waals surface area contributed by atoms with Gasteiger partial charge in [-0.1, -0.05) is 12.8 Å². The van der Waals surface area contributed by atoms with E-state index in [0.29, 0.717) is 0 Å². The van der Waals surface area contributed by atoms with E-state index < -0.39 is 16.7 Å². The molecule has 0 unspecified atom stereocenters. The Bertz CT molecular complexity index is 546. The van der Waals surface area contributed by atoms with Crippen molar-refractivity contribution in [3.63, 3.8) is 0 Å². The molecule has 2 amide bonds. The molecule has 0 saturated carbocycles. The molecule has 0 radical (unpaired) electrons. The second-order valence-electron chi connectivity index (χ2n) is 5.20. The van der Waals surface area contributed by atoms with Crippen molar-refractivity contribution in [2.45, 2.75) is 32.1 Å². The number of hydrogen-bond donors (Lipinski definition) is 1. The van der Waals surface area contributed by atoms with Gasteiger partial charge in [0.25, 0.3) is 5.91 Å². The normalized spacial score (nSPS) is 15.2. The van der Waals surface area contributed by atoms with E-state index in [1.807, 2.05) is 4.90 Å². The zero-order valence-electron chi connectivity index (χ0n) is 12.2. The highest BCUT2D eigenvalue weighted by Crippen LogP contribution is 2.15. The summed E-state index contributed by atoms with van der Waals surface area (Å²) in [7, 11) is 0. The van der Waals surface area contributed by atoms with Gasteiger partial charge < -0.3 is 14.6 Å². The highest BCUT2D eigenvalue weighted by Gasteiger charge is 2.18. The first kappa shape index (κ1) is 16.0. The number of carbonyl (C=O) groups excluding carboxylic acids is 2. The van der Waals surface area contributed by atoms with Crippen molar-refractivity contribution < 1.29 is 18.9 Å². The molecular formula is C14H19N3O5. The fraction of sp³-hybridized carbons (Fsp3) is 0.571. The first-order chi connectivity index (χ1) is 10.6. The van der Waals surface area contributed by atoms with Gasteiger partial charge in [0.1, 0.15) is 4.92 Å². The Balaban J connectivity index is 1.76. The molecule has 8 heteroatoms. The summed E-state index contributed by atoms with van der Waals surface area (Å²) in [6, 6.07) is 2.36. The molecule has 22 heavy (non-hydrogen) atoms. The number of furan rings is 1. The molecule has 120 valence electrons. The first-order valence-corrected chi connectivity index (χ1v) is 7.38. The molecule has 0 aliphatic carbocycles. The maximum absolute atomic E-state index is 12.0. The highest BCUT2D eigenvalue weighted by atomic mass is 16.6. The minimum absolute atomic E-state index is 0.0209. The fourth-order valence-electron chi connectivity index (χ4n) is 2.40. The standard InChI is InChI=1S/C14H19N3O5/c18-12(16-9-3-1-2-4-10-16)7-8-15-14(19)11-5-6-13(22-11)17(20)21/h5-6H,1-4,7-10H2,(H,15,19). The van der Waals surface area contributed by atoms with Gasteiger partial charge in [0.05, 0.1) is 6.07 Å². The van der Waals surface area contributed by atoms with Crippen molar-refractivity contribution in [2.24, 2.45) is 0 Å². The number of nitro groups is 1. The van der Waals surface area contributed by atoms with Gasteiger partial charge in [-0.15, -0.1) is 0 Å². The lowest BCUT2D eigenvalue weighted by Gasteiger charge is -2.20. The average Bonchev–Trinajstić information content (AvgIpc) is 2.83. The lowest BCUT2D eigenvalue weighted by molar-refractivity contribution is -0.402. The van der Waals surface area contributed by atoms with Crippen LogP contribution < -0.4 is 5.32 Å². The van der Waals surface area contributed by atoms with Gasteiger partial charge in [-0.25, -0.2) is 0 Å². The van der Waals surface area contributed by atoms with Crippen molar-refractivity contribution in [3.8, 4) is 0 Å². The maximum atomic E-state index is 12.0. The molecule has 1 aliphatic rings. The van der Waals surface area contributed by atoms with E-state index >= 15 is 0 Å². The van der Waals surface area contributed by atoms with Crippen molar-refractivity contribution in [2.75, 3.05) is 19.6 Å². The van der Waals surface area contributed by atoms with E-state index in [9.17, 15) is 19.7 Å². The molecule has 2 heterocycles. The number of amides is 2. The minimum atomic E-state index is -0.709. The molecule has 0 spiro atoms. The van der Waals surface area contributed by atoms with Crippen molar-refractivity contribution in [1.29, 1.82) is 0 Å². The Morgan fingerprint density at radius 2 is 1.91 bits per heavy atom. The number of nitrogens with one attached hydrogen (secondary N) is 1. The van der Waals surface area contributed by atoms with Crippen LogP contribution in [0.5, 0.6) is 0 Å². The summed E-state index contributed by atoms with van der Waals surface area (Å²) in [6.07, 6.45) is 4.56. The van der Waals surface area contributed by atoms with Crippen LogP contribution in [0.2, 0.25) is 0 Å². The molecule has 2 rings (SSSR count). The van der Waals surface area contributed by atoms with Gasteiger partial charge in [-0.05, 0) is 18.9 Å². The number of hydrogen-bond acceptors (Lipinski definition) is 5. The lowest BCUT2D eigenvalue weighted by Crippen LogP contribution is -2.35. The van der Waals surface area contributed by atoms with Gasteiger partial charge in [0.15, 0.2) is 5.76 Å². The van der Waals surface area contributed by atoms with Crippen molar-refractivity contribution >= 4 is 17.7 Å². The largest absolute Gasteiger partial charge is 0.433 e. The van der Waals surface area contributed by atoms with Crippen LogP contribution in [0.25, 0.3) is 0 Å². The SMILES string of the molecule is O=C(NCCC(=O)N1CCCCCC1)c1ccc([N+](=O)[O-])o1. The maximum Gasteiger partial charge on any atom is 0.433 e. The summed E-state index contributed by atoms with van der Waals surface area (Å²) in [5.41, 5.74) is 0. The zero-order chi connectivity index (χ0) is 15.9. The molecule has 1 aromatic heterocycles. The molecule has 1 aromatic rings. The van der Waals surface area contributed by atoms with Gasteiger partial charge >= 0.3 is 5.88 Å². The lowest BCUT2D eigenvalue weighted by atomic mass is 10.2. The summed E-state index contributed by atoms with van der Waals surface area (Å²) in [5, 5.41) is 13.0. The molecule has 0 aromatic carbocycles. The third-order valence-electron chi connectivity index (χ3n) is 3.58. The van der Waals surface area contributed by atoms with E-state index in [0.717, 1.165) is 44.8 Å². The number of carbonyl (C=O) groups is 2. The van der Waals surface area contributed by atoms with Crippen LogP contribution >= 0.6 is 0 Å². The Kier molecular flexibility index (Phi) is 5.51. The van der Waals surface area contributed by atoms with Crippen LogP contribution in [0, 0.1) is 10.1 Å². The van der Waals surface area contributed by atoms with E-state index in [-0.39, 0.29) is 24.6 Å². The number of rotatable bonds is 5. The van der Waals surface area contributed by atoms with Gasteiger partial charge in [0.2, 0.25) is 5.91 Å². The highest BCUT2D eigenvalue weighted by molar-refractivity contribution is 5.92. The third-order valence-corrected chi connectivity index (χ3v) is 3.58. The van der Waals surface area contributed by atoms with Crippen LogP contribution in [0.3, 0.4) is 0 Å². The van der Waals surface area contributed by atoms with Crippen LogP contribution in [0.1, 0.15) is 42.7 Å². The van der Waals surface area contributed by atoms with E-state index in [4.69, 9.17) is 4.42 Å². The van der Waals surface area contributed by atoms with E-state index in [2.05, 4.69) is 5.32 Å². The fourth-order valence-corrected chi connectivity index (χ4v) is 2.40. The van der Waals surface area contributed by atoms with E-state index in [1.54, 1.807) is 0 Å². The van der Waals surface area contributed by atoms with Crippen molar-refractivity contribution in [1.82, 2.24) is 10.2 Å². The second-order valence-corrected chi connectivity index (χ2v) is 5.20. The van der Waals surface area contributed by atoms with Crippen LogP contribution in [0.4, 0.5) is 5.88 Å². The summed E-state index contributed by atoms with van der Waals surface area (Å²) < 4.78 is 4.79. The molecule has 1 aliphatic heterocycles. The number of nitrogens with zero attached hydrogens (tertiary/aromatic N) is 2. The Labute approximate surface area is 127 Å². The second kappa shape index (κ2) is 7.58. The third kappa shape index (κ3) is 4.31. The quantitative estimate of drug-likeness (QED) is 0.658. The van der Waals surface area contributed by atoms with Crippen LogP contribution in [-0.4, -0.2) is 41.3 Å². The van der Waals surface area contributed by atoms with Crippen LogP contribution in [-0.2, 0) is 4.79 Å². The van der Waals surface area contributed by atoms with E-state index in [1.165, 1.54) is 6.07 Å². The Hall–Kier alpha value is -2.38. The number of likely N-dealkylation sites (tertiary alicyclic amines) is 1. The monoisotopic (exact) mass is 309 g/mol. The summed E-state index contributed by atoms with van der Waals surface area (Å²) in [5.74, 6) is -1.15. The van der Waals surface area contributed by atoms with Crippen molar-refractivity contribution in [3.05, 3.63) is 28.0 Å². The predicted octanol–water partition coefficient (Wildman–Crippen LogP) is 1.71. The molecule has 1 N–H and O–H groups in total. The summed E-state index contributed by atoms with van der Waals surface area (Å²) >= 11 is 0. The predicted molar refractivity (Wildman–Crippen MR) is 77.4 cm³/mol. The zero-order valence-corrected chi connectivity index (χ0v) is 12.2. The Morgan fingerprint density at radius 3 is 2.50 bits per heavy atom. The topological polar surface area (TPSA) is 106 Å². The van der Waals surface area contributed by atoms with Gasteiger partial charge in [-0.2, -0.15) is 0 Å². The molecule has 8 nitrogen and oxygen atoms in total.